The highest BCUT2D eigenvalue weighted by Crippen LogP contribution is 2.22. The molecule has 1 aromatic heterocycles. The van der Waals surface area contributed by atoms with Gasteiger partial charge in [0.05, 0.1) is 17.1 Å². The fraction of sp³-hybridized carbons (Fsp3) is 0.231. The summed E-state index contributed by atoms with van der Waals surface area (Å²) in [6.45, 7) is 3.76. The van der Waals surface area contributed by atoms with Gasteiger partial charge in [-0.05, 0) is 32.0 Å². The van der Waals surface area contributed by atoms with Crippen molar-refractivity contribution in [2.75, 3.05) is 5.32 Å². The van der Waals surface area contributed by atoms with Gasteiger partial charge in [0.2, 0.25) is 0 Å². The van der Waals surface area contributed by atoms with E-state index in [2.05, 4.69) is 26.3 Å². The topological polar surface area (TPSA) is 46.9 Å². The quantitative estimate of drug-likeness (QED) is 0.904. The molecule has 1 amide bonds. The zero-order valence-electron chi connectivity index (χ0n) is 10.8. The molecular formula is C13H13BrClN3O. The Kier molecular flexibility index (Phi) is 3.96. The van der Waals surface area contributed by atoms with Crippen LogP contribution >= 0.6 is 27.5 Å². The number of carbonyl (C=O) groups excluding carboxylic acids is 1. The van der Waals surface area contributed by atoms with E-state index in [1.165, 1.54) is 0 Å². The maximum Gasteiger partial charge on any atom is 0.255 e. The summed E-state index contributed by atoms with van der Waals surface area (Å²) in [5.41, 5.74) is 2.94. The molecule has 4 nitrogen and oxygen atoms in total. The van der Waals surface area contributed by atoms with E-state index in [-0.39, 0.29) is 5.91 Å². The third-order valence-electron chi connectivity index (χ3n) is 2.87. The molecule has 2 aromatic rings. The molecule has 0 saturated heterocycles. The lowest BCUT2D eigenvalue weighted by atomic mass is 10.2. The molecule has 0 unspecified atom stereocenters. The number of carbonyl (C=O) groups is 1. The van der Waals surface area contributed by atoms with Crippen LogP contribution in [0.25, 0.3) is 0 Å². The molecule has 0 spiro atoms. The largest absolute Gasteiger partial charge is 0.319 e. The normalized spacial score (nSPS) is 10.6. The fourth-order valence-corrected chi connectivity index (χ4v) is 2.69. The van der Waals surface area contributed by atoms with E-state index >= 15 is 0 Å². The van der Waals surface area contributed by atoms with Gasteiger partial charge in [0, 0.05) is 22.1 Å². The molecule has 19 heavy (non-hydrogen) atoms. The number of hydrogen-bond donors (Lipinski definition) is 1. The number of nitrogens with one attached hydrogen (secondary N) is 1. The van der Waals surface area contributed by atoms with Crippen LogP contribution in [0.15, 0.2) is 22.7 Å². The van der Waals surface area contributed by atoms with Crippen molar-refractivity contribution in [2.24, 2.45) is 7.05 Å². The van der Waals surface area contributed by atoms with E-state index in [9.17, 15) is 4.79 Å². The number of anilines is 1. The molecule has 1 aromatic carbocycles. The maximum absolute atomic E-state index is 12.2. The minimum atomic E-state index is -0.206. The van der Waals surface area contributed by atoms with E-state index in [0.29, 0.717) is 10.6 Å². The average molecular weight is 343 g/mol. The Hall–Kier alpha value is -1.33. The van der Waals surface area contributed by atoms with Crippen LogP contribution in [-0.4, -0.2) is 15.7 Å². The number of rotatable bonds is 2. The van der Waals surface area contributed by atoms with E-state index in [0.717, 1.165) is 21.5 Å². The molecule has 1 N–H and O–H groups in total. The maximum atomic E-state index is 12.2. The zero-order chi connectivity index (χ0) is 14.2. The number of aryl methyl sites for hydroxylation is 2. The van der Waals surface area contributed by atoms with Gasteiger partial charge in [-0.15, -0.1) is 0 Å². The van der Waals surface area contributed by atoms with Gasteiger partial charge in [0.15, 0.2) is 0 Å². The lowest BCUT2D eigenvalue weighted by molar-refractivity contribution is 0.102. The first-order valence-electron chi connectivity index (χ1n) is 5.66. The predicted molar refractivity (Wildman–Crippen MR) is 79.8 cm³/mol. The molecular weight excluding hydrogens is 330 g/mol. The molecule has 0 aliphatic heterocycles. The summed E-state index contributed by atoms with van der Waals surface area (Å²) >= 11 is 9.26. The Bertz CT molecular complexity index is 631. The Balaban J connectivity index is 2.30. The van der Waals surface area contributed by atoms with Crippen LogP contribution in [0.3, 0.4) is 0 Å². The molecule has 100 valence electrons. The third kappa shape index (κ3) is 2.98. The number of halogens is 2. The molecule has 6 heteroatoms. The van der Waals surface area contributed by atoms with E-state index < -0.39 is 0 Å². The highest BCUT2D eigenvalue weighted by atomic mass is 79.9. The Labute approximate surface area is 124 Å². The summed E-state index contributed by atoms with van der Waals surface area (Å²) < 4.78 is 2.50. The Morgan fingerprint density at radius 3 is 2.58 bits per heavy atom. The minimum Gasteiger partial charge on any atom is -0.319 e. The van der Waals surface area contributed by atoms with Crippen molar-refractivity contribution in [2.45, 2.75) is 13.8 Å². The Morgan fingerprint density at radius 1 is 1.37 bits per heavy atom. The number of benzene rings is 1. The molecule has 0 radical (unpaired) electrons. The molecule has 0 bridgehead atoms. The SMILES string of the molecule is Cc1nn(C)c(C)c1NC(=O)c1cc(Cl)cc(Br)c1. The standard InChI is InChI=1S/C13H13BrClN3O/c1-7-12(8(2)18(3)17-7)16-13(19)9-4-10(14)6-11(15)5-9/h4-6H,1-3H3,(H,16,19). The van der Waals surface area contributed by atoms with Crippen LogP contribution in [-0.2, 0) is 7.05 Å². The van der Waals surface area contributed by atoms with Crippen molar-refractivity contribution in [3.05, 3.63) is 44.6 Å². The van der Waals surface area contributed by atoms with Crippen LogP contribution in [0.5, 0.6) is 0 Å². The lowest BCUT2D eigenvalue weighted by Crippen LogP contribution is -2.13. The van der Waals surface area contributed by atoms with Gasteiger partial charge in [-0.1, -0.05) is 27.5 Å². The first-order chi connectivity index (χ1) is 8.88. The van der Waals surface area contributed by atoms with Crippen molar-refractivity contribution >= 4 is 39.1 Å². The van der Waals surface area contributed by atoms with Crippen molar-refractivity contribution in [1.29, 1.82) is 0 Å². The second-order valence-corrected chi connectivity index (χ2v) is 5.63. The fourth-order valence-electron chi connectivity index (χ4n) is 1.83. The molecule has 0 aliphatic carbocycles. The van der Waals surface area contributed by atoms with Gasteiger partial charge in [0.25, 0.3) is 5.91 Å². The molecule has 2 rings (SSSR count). The summed E-state index contributed by atoms with van der Waals surface area (Å²) in [5.74, 6) is -0.206. The van der Waals surface area contributed by atoms with E-state index in [4.69, 9.17) is 11.6 Å². The van der Waals surface area contributed by atoms with Gasteiger partial charge in [0.1, 0.15) is 0 Å². The summed E-state index contributed by atoms with van der Waals surface area (Å²) in [4.78, 5) is 12.2. The number of aromatic nitrogens is 2. The first-order valence-corrected chi connectivity index (χ1v) is 6.83. The van der Waals surface area contributed by atoms with Crippen LogP contribution < -0.4 is 5.32 Å². The van der Waals surface area contributed by atoms with Crippen LogP contribution in [0.4, 0.5) is 5.69 Å². The number of amides is 1. The lowest BCUT2D eigenvalue weighted by Gasteiger charge is -2.06. The van der Waals surface area contributed by atoms with E-state index in [1.54, 1.807) is 22.9 Å². The smallest absolute Gasteiger partial charge is 0.255 e. The van der Waals surface area contributed by atoms with Crippen molar-refractivity contribution < 1.29 is 4.79 Å². The van der Waals surface area contributed by atoms with Crippen LogP contribution in [0.2, 0.25) is 5.02 Å². The van der Waals surface area contributed by atoms with Crippen molar-refractivity contribution in [1.82, 2.24) is 9.78 Å². The van der Waals surface area contributed by atoms with Crippen LogP contribution in [0, 0.1) is 13.8 Å². The molecule has 0 aliphatic rings. The van der Waals surface area contributed by atoms with Gasteiger partial charge in [-0.3, -0.25) is 9.48 Å². The second kappa shape index (κ2) is 5.35. The van der Waals surface area contributed by atoms with Crippen molar-refractivity contribution in [3.63, 3.8) is 0 Å². The molecule has 0 atom stereocenters. The highest BCUT2D eigenvalue weighted by molar-refractivity contribution is 9.10. The van der Waals surface area contributed by atoms with Gasteiger partial charge in [-0.25, -0.2) is 0 Å². The van der Waals surface area contributed by atoms with Crippen LogP contribution in [0.1, 0.15) is 21.7 Å². The Morgan fingerprint density at radius 2 is 2.05 bits per heavy atom. The summed E-state index contributed by atoms with van der Waals surface area (Å²) in [6.07, 6.45) is 0. The first kappa shape index (κ1) is 14.1. The third-order valence-corrected chi connectivity index (χ3v) is 3.55. The van der Waals surface area contributed by atoms with E-state index in [1.807, 2.05) is 20.9 Å². The summed E-state index contributed by atoms with van der Waals surface area (Å²) in [7, 11) is 1.84. The molecule has 0 saturated carbocycles. The highest BCUT2D eigenvalue weighted by Gasteiger charge is 2.14. The molecule has 0 fully saturated rings. The minimum absolute atomic E-state index is 0.206. The second-order valence-electron chi connectivity index (χ2n) is 4.28. The van der Waals surface area contributed by atoms with Gasteiger partial charge < -0.3 is 5.32 Å². The number of nitrogens with zero attached hydrogens (tertiary/aromatic N) is 2. The molecule has 1 heterocycles. The number of hydrogen-bond acceptors (Lipinski definition) is 2. The van der Waals surface area contributed by atoms with Gasteiger partial charge >= 0.3 is 0 Å². The predicted octanol–water partition coefficient (Wildman–Crippen LogP) is 3.71. The van der Waals surface area contributed by atoms with Gasteiger partial charge in [-0.2, -0.15) is 5.10 Å². The summed E-state index contributed by atoms with van der Waals surface area (Å²) in [5, 5.41) is 7.64. The zero-order valence-corrected chi connectivity index (χ0v) is 13.1. The summed E-state index contributed by atoms with van der Waals surface area (Å²) in [6, 6.07) is 5.09. The van der Waals surface area contributed by atoms with Crippen molar-refractivity contribution in [3.8, 4) is 0 Å². The monoisotopic (exact) mass is 341 g/mol. The average Bonchev–Trinajstić information content (AvgIpc) is 2.54.